The van der Waals surface area contributed by atoms with Crippen LogP contribution in [-0.2, 0) is 0 Å². The molecular weight excluding hydrogens is 311 g/mol. The first-order valence-corrected chi connectivity index (χ1v) is 6.78. The minimum Gasteiger partial charge on any atom is -0.380 e. The topological polar surface area (TPSA) is 38.0 Å². The number of nitrogens with one attached hydrogen (secondary N) is 1. The van der Waals surface area contributed by atoms with E-state index in [1.807, 2.05) is 12.1 Å². The highest BCUT2D eigenvalue weighted by Gasteiger charge is 2.22. The molecule has 2 nitrogen and oxygen atoms in total. The smallest absolute Gasteiger partial charge is 0.0721 e. The van der Waals surface area contributed by atoms with Crippen molar-refractivity contribution in [3.05, 3.63) is 26.7 Å². The van der Waals surface area contributed by atoms with Gasteiger partial charge in [-0.05, 0) is 31.4 Å². The summed E-state index contributed by atoms with van der Waals surface area (Å²) in [7, 11) is 0. The standard InChI is InChI=1S/C11H13BrCl2N2/c12-6-3-9(13)11(10(14)4-6)16-8-2-1-7(15)5-8/h3-4,7-8,16H,1-2,5,15H2. The summed E-state index contributed by atoms with van der Waals surface area (Å²) in [6.45, 7) is 0. The average Bonchev–Trinajstić information content (AvgIpc) is 2.58. The molecule has 0 aliphatic heterocycles. The van der Waals surface area contributed by atoms with Crippen molar-refractivity contribution in [3.8, 4) is 0 Å². The second kappa shape index (κ2) is 5.13. The van der Waals surface area contributed by atoms with Gasteiger partial charge in [-0.1, -0.05) is 39.1 Å². The number of hydrogen-bond donors (Lipinski definition) is 2. The Morgan fingerprint density at radius 3 is 2.38 bits per heavy atom. The van der Waals surface area contributed by atoms with Crippen LogP contribution in [0.2, 0.25) is 10.0 Å². The van der Waals surface area contributed by atoms with E-state index in [0.29, 0.717) is 22.1 Å². The van der Waals surface area contributed by atoms with Gasteiger partial charge in [0.1, 0.15) is 0 Å². The lowest BCUT2D eigenvalue weighted by Gasteiger charge is -2.16. The molecule has 2 atom stereocenters. The van der Waals surface area contributed by atoms with Crippen molar-refractivity contribution in [3.63, 3.8) is 0 Å². The van der Waals surface area contributed by atoms with Crippen LogP contribution < -0.4 is 11.1 Å². The van der Waals surface area contributed by atoms with Crippen molar-refractivity contribution in [1.29, 1.82) is 0 Å². The fourth-order valence-corrected chi connectivity index (χ4v) is 3.35. The normalized spacial score (nSPS) is 24.8. The number of hydrogen-bond acceptors (Lipinski definition) is 2. The highest BCUT2D eigenvalue weighted by atomic mass is 79.9. The van der Waals surface area contributed by atoms with Gasteiger partial charge in [-0.25, -0.2) is 0 Å². The molecular formula is C11H13BrCl2N2. The van der Waals surface area contributed by atoms with E-state index in [0.717, 1.165) is 29.4 Å². The predicted molar refractivity (Wildman–Crippen MR) is 73.4 cm³/mol. The van der Waals surface area contributed by atoms with E-state index in [1.165, 1.54) is 0 Å². The van der Waals surface area contributed by atoms with Gasteiger partial charge in [0.2, 0.25) is 0 Å². The zero-order chi connectivity index (χ0) is 11.7. The average molecular weight is 324 g/mol. The first-order chi connectivity index (χ1) is 7.56. The Hall–Kier alpha value is 0.0400. The molecule has 3 N–H and O–H groups in total. The number of anilines is 1. The monoisotopic (exact) mass is 322 g/mol. The molecule has 2 unspecified atom stereocenters. The van der Waals surface area contributed by atoms with Gasteiger partial charge in [-0.2, -0.15) is 0 Å². The third kappa shape index (κ3) is 2.83. The van der Waals surface area contributed by atoms with Crippen molar-refractivity contribution < 1.29 is 0 Å². The highest BCUT2D eigenvalue weighted by Crippen LogP contribution is 2.35. The van der Waals surface area contributed by atoms with Crippen molar-refractivity contribution in [1.82, 2.24) is 0 Å². The third-order valence-electron chi connectivity index (χ3n) is 2.83. The molecule has 0 aromatic heterocycles. The number of benzene rings is 1. The molecule has 1 aromatic carbocycles. The quantitative estimate of drug-likeness (QED) is 0.861. The van der Waals surface area contributed by atoms with Gasteiger partial charge in [0, 0.05) is 16.6 Å². The molecule has 1 aromatic rings. The summed E-state index contributed by atoms with van der Waals surface area (Å²) in [5.41, 5.74) is 6.68. The van der Waals surface area contributed by atoms with Crippen molar-refractivity contribution in [2.45, 2.75) is 31.3 Å². The van der Waals surface area contributed by atoms with Gasteiger partial charge < -0.3 is 11.1 Å². The number of nitrogens with two attached hydrogens (primary N) is 1. The van der Waals surface area contributed by atoms with Gasteiger partial charge in [0.15, 0.2) is 0 Å². The van der Waals surface area contributed by atoms with Crippen molar-refractivity contribution >= 4 is 44.8 Å². The third-order valence-corrected chi connectivity index (χ3v) is 3.88. The van der Waals surface area contributed by atoms with E-state index >= 15 is 0 Å². The van der Waals surface area contributed by atoms with Crippen LogP contribution in [0, 0.1) is 0 Å². The first-order valence-electron chi connectivity index (χ1n) is 5.23. The Labute approximate surface area is 114 Å². The molecule has 0 bridgehead atoms. The summed E-state index contributed by atoms with van der Waals surface area (Å²) in [6.07, 6.45) is 3.11. The zero-order valence-corrected chi connectivity index (χ0v) is 11.7. The van der Waals surface area contributed by atoms with E-state index in [2.05, 4.69) is 21.2 Å². The Bertz CT molecular complexity index is 375. The fourth-order valence-electron chi connectivity index (χ4n) is 2.03. The van der Waals surface area contributed by atoms with E-state index < -0.39 is 0 Å². The van der Waals surface area contributed by atoms with E-state index in [1.54, 1.807) is 0 Å². The second-order valence-corrected chi connectivity index (χ2v) is 5.89. The van der Waals surface area contributed by atoms with Crippen LogP contribution >= 0.6 is 39.1 Å². The van der Waals surface area contributed by atoms with Gasteiger partial charge in [0.25, 0.3) is 0 Å². The Morgan fingerprint density at radius 1 is 1.25 bits per heavy atom. The molecule has 1 saturated carbocycles. The molecule has 16 heavy (non-hydrogen) atoms. The maximum Gasteiger partial charge on any atom is 0.0721 e. The highest BCUT2D eigenvalue weighted by molar-refractivity contribution is 9.10. The van der Waals surface area contributed by atoms with Crippen molar-refractivity contribution in [2.75, 3.05) is 5.32 Å². The van der Waals surface area contributed by atoms with Crippen LogP contribution in [0.1, 0.15) is 19.3 Å². The number of rotatable bonds is 2. The van der Waals surface area contributed by atoms with Crippen LogP contribution in [0.4, 0.5) is 5.69 Å². The van der Waals surface area contributed by atoms with E-state index in [4.69, 9.17) is 28.9 Å². The van der Waals surface area contributed by atoms with E-state index in [9.17, 15) is 0 Å². The van der Waals surface area contributed by atoms with Crippen LogP contribution in [0.5, 0.6) is 0 Å². The second-order valence-electron chi connectivity index (χ2n) is 4.16. The molecule has 0 spiro atoms. The number of halogens is 3. The molecule has 1 aliphatic carbocycles. The molecule has 0 heterocycles. The van der Waals surface area contributed by atoms with Crippen LogP contribution in [0.25, 0.3) is 0 Å². The maximum absolute atomic E-state index is 6.14. The molecule has 0 radical (unpaired) electrons. The summed E-state index contributed by atoms with van der Waals surface area (Å²) in [4.78, 5) is 0. The van der Waals surface area contributed by atoms with Crippen LogP contribution in [-0.4, -0.2) is 12.1 Å². The zero-order valence-electron chi connectivity index (χ0n) is 8.64. The van der Waals surface area contributed by atoms with Crippen LogP contribution in [0.15, 0.2) is 16.6 Å². The van der Waals surface area contributed by atoms with Crippen LogP contribution in [0.3, 0.4) is 0 Å². The summed E-state index contributed by atoms with van der Waals surface area (Å²) < 4.78 is 0.885. The molecule has 0 amide bonds. The lowest BCUT2D eigenvalue weighted by atomic mass is 10.2. The lowest BCUT2D eigenvalue weighted by Crippen LogP contribution is -2.21. The predicted octanol–water partition coefficient (Wildman–Crippen LogP) is 4.05. The van der Waals surface area contributed by atoms with Gasteiger partial charge in [0.05, 0.1) is 15.7 Å². The first kappa shape index (κ1) is 12.5. The van der Waals surface area contributed by atoms with Gasteiger partial charge in [-0.15, -0.1) is 0 Å². The molecule has 88 valence electrons. The molecule has 1 fully saturated rings. The molecule has 1 aliphatic rings. The van der Waals surface area contributed by atoms with Crippen molar-refractivity contribution in [2.24, 2.45) is 5.73 Å². The maximum atomic E-state index is 6.14. The minimum absolute atomic E-state index is 0.297. The summed E-state index contributed by atoms with van der Waals surface area (Å²) in [6, 6.07) is 4.35. The summed E-state index contributed by atoms with van der Waals surface area (Å²) in [5.74, 6) is 0. The Kier molecular flexibility index (Phi) is 4.01. The summed E-state index contributed by atoms with van der Waals surface area (Å²) in [5, 5.41) is 4.65. The van der Waals surface area contributed by atoms with E-state index in [-0.39, 0.29) is 0 Å². The molecule has 0 saturated heterocycles. The summed E-state index contributed by atoms with van der Waals surface area (Å²) >= 11 is 15.6. The SMILES string of the molecule is NC1CCC(Nc2c(Cl)cc(Br)cc2Cl)C1. The van der Waals surface area contributed by atoms with Gasteiger partial charge >= 0.3 is 0 Å². The molecule has 5 heteroatoms. The van der Waals surface area contributed by atoms with Gasteiger partial charge in [-0.3, -0.25) is 0 Å². The largest absolute Gasteiger partial charge is 0.380 e. The molecule has 2 rings (SSSR count). The minimum atomic E-state index is 0.297. The fraction of sp³-hybridized carbons (Fsp3) is 0.455. The Balaban J connectivity index is 2.15. The lowest BCUT2D eigenvalue weighted by molar-refractivity contribution is 0.688. The Morgan fingerprint density at radius 2 is 1.88 bits per heavy atom.